The lowest BCUT2D eigenvalue weighted by atomic mass is 9.98. The highest BCUT2D eigenvalue weighted by Gasteiger charge is 2.04. The van der Waals surface area contributed by atoms with E-state index in [0.29, 0.717) is 5.56 Å². The highest BCUT2D eigenvalue weighted by molar-refractivity contribution is 5.88. The molecule has 0 aromatic heterocycles. The molecule has 0 bridgehead atoms. The maximum Gasteiger partial charge on any atom is 0.335 e. The van der Waals surface area contributed by atoms with E-state index in [9.17, 15) is 4.79 Å². The molecule has 0 unspecified atom stereocenters. The van der Waals surface area contributed by atoms with E-state index in [2.05, 4.69) is 55.5 Å². The molecule has 0 atom stereocenters. The van der Waals surface area contributed by atoms with Gasteiger partial charge in [0.1, 0.15) is 0 Å². The van der Waals surface area contributed by atoms with Gasteiger partial charge in [0.25, 0.3) is 0 Å². The molecular weight excluding hydrogens is 332 g/mol. The number of unbranched alkanes of at least 4 members (excludes halogenated alkanes) is 3. The quantitative estimate of drug-likeness (QED) is 0.447. The molecule has 3 aromatic rings. The number of carboxylic acid groups (broad SMARTS) is 1. The summed E-state index contributed by atoms with van der Waals surface area (Å²) >= 11 is 0. The summed E-state index contributed by atoms with van der Waals surface area (Å²) in [5.41, 5.74) is 6.24. The molecule has 138 valence electrons. The molecule has 2 heteroatoms. The van der Waals surface area contributed by atoms with Crippen LogP contribution in [0.3, 0.4) is 0 Å². The van der Waals surface area contributed by atoms with Gasteiger partial charge in [-0.15, -0.1) is 0 Å². The third kappa shape index (κ3) is 5.07. The zero-order valence-corrected chi connectivity index (χ0v) is 15.8. The van der Waals surface area contributed by atoms with Gasteiger partial charge in [-0.05, 0) is 52.8 Å². The van der Waals surface area contributed by atoms with Gasteiger partial charge in [-0.25, -0.2) is 4.79 Å². The monoisotopic (exact) mass is 358 g/mol. The number of rotatable bonds is 8. The molecule has 0 amide bonds. The van der Waals surface area contributed by atoms with E-state index in [1.807, 2.05) is 12.1 Å². The Morgan fingerprint density at radius 3 is 1.56 bits per heavy atom. The van der Waals surface area contributed by atoms with Crippen molar-refractivity contribution in [2.75, 3.05) is 0 Å². The summed E-state index contributed by atoms with van der Waals surface area (Å²) < 4.78 is 0. The minimum Gasteiger partial charge on any atom is -0.478 e. The normalized spacial score (nSPS) is 10.7. The van der Waals surface area contributed by atoms with Crippen molar-refractivity contribution >= 4 is 5.97 Å². The summed E-state index contributed by atoms with van der Waals surface area (Å²) in [6.45, 7) is 2.24. The van der Waals surface area contributed by atoms with Crippen molar-refractivity contribution in [3.63, 3.8) is 0 Å². The van der Waals surface area contributed by atoms with Crippen LogP contribution in [0.4, 0.5) is 0 Å². The molecule has 0 heterocycles. The zero-order valence-electron chi connectivity index (χ0n) is 15.8. The van der Waals surface area contributed by atoms with Gasteiger partial charge in [0.15, 0.2) is 0 Å². The zero-order chi connectivity index (χ0) is 19.1. The molecular formula is C25H26O2. The minimum atomic E-state index is -0.897. The second kappa shape index (κ2) is 9.18. The van der Waals surface area contributed by atoms with Crippen molar-refractivity contribution in [2.24, 2.45) is 0 Å². The third-order valence-electron chi connectivity index (χ3n) is 4.96. The number of benzene rings is 3. The molecule has 3 rings (SSSR count). The molecule has 0 saturated carbocycles. The first-order chi connectivity index (χ1) is 13.2. The molecule has 0 spiro atoms. The maximum absolute atomic E-state index is 11.0. The summed E-state index contributed by atoms with van der Waals surface area (Å²) in [7, 11) is 0. The van der Waals surface area contributed by atoms with E-state index < -0.39 is 5.97 Å². The summed E-state index contributed by atoms with van der Waals surface area (Å²) in [6, 6.07) is 24.3. The number of aryl methyl sites for hydroxylation is 1. The SMILES string of the molecule is CCCCCCc1ccc(-c2ccc(-c3ccc(C(=O)O)cc3)cc2)cc1. The van der Waals surface area contributed by atoms with Gasteiger partial charge < -0.3 is 5.11 Å². The predicted octanol–water partition coefficient (Wildman–Crippen LogP) is 6.84. The highest BCUT2D eigenvalue weighted by Crippen LogP contribution is 2.25. The molecule has 1 N–H and O–H groups in total. The van der Waals surface area contributed by atoms with E-state index in [1.165, 1.54) is 42.4 Å². The summed E-state index contributed by atoms with van der Waals surface area (Å²) in [5.74, 6) is -0.897. The number of aromatic carboxylic acids is 1. The lowest BCUT2D eigenvalue weighted by Gasteiger charge is -2.07. The van der Waals surface area contributed by atoms with Crippen LogP contribution in [0.2, 0.25) is 0 Å². The maximum atomic E-state index is 11.0. The minimum absolute atomic E-state index is 0.310. The first-order valence-corrected chi connectivity index (χ1v) is 9.70. The van der Waals surface area contributed by atoms with Crippen molar-refractivity contribution in [2.45, 2.75) is 39.0 Å². The van der Waals surface area contributed by atoms with Crippen LogP contribution < -0.4 is 0 Å². The predicted molar refractivity (Wildman–Crippen MR) is 112 cm³/mol. The highest BCUT2D eigenvalue weighted by atomic mass is 16.4. The average Bonchev–Trinajstić information content (AvgIpc) is 2.72. The Kier molecular flexibility index (Phi) is 6.43. The Morgan fingerprint density at radius 1 is 0.667 bits per heavy atom. The van der Waals surface area contributed by atoms with Gasteiger partial charge in [0.05, 0.1) is 5.56 Å². The number of carbonyl (C=O) groups is 1. The average molecular weight is 358 g/mol. The van der Waals surface area contributed by atoms with Gasteiger partial charge in [-0.2, -0.15) is 0 Å². The summed E-state index contributed by atoms with van der Waals surface area (Å²) in [6.07, 6.45) is 6.34. The first kappa shape index (κ1) is 18.9. The number of hydrogen-bond donors (Lipinski definition) is 1. The smallest absolute Gasteiger partial charge is 0.335 e. The van der Waals surface area contributed by atoms with E-state index in [0.717, 1.165) is 17.5 Å². The summed E-state index contributed by atoms with van der Waals surface area (Å²) in [4.78, 5) is 11.0. The van der Waals surface area contributed by atoms with E-state index in [-0.39, 0.29) is 0 Å². The standard InChI is InChI=1S/C25H26O2/c1-2-3-4-5-6-19-7-9-20(10-8-19)21-11-13-22(14-12-21)23-15-17-24(18-16-23)25(26)27/h7-18H,2-6H2,1H3,(H,26,27). The number of hydrogen-bond acceptors (Lipinski definition) is 1. The Hall–Kier alpha value is -2.87. The van der Waals surface area contributed by atoms with Gasteiger partial charge in [0, 0.05) is 0 Å². The van der Waals surface area contributed by atoms with E-state index in [1.54, 1.807) is 12.1 Å². The van der Waals surface area contributed by atoms with E-state index >= 15 is 0 Å². The van der Waals surface area contributed by atoms with Crippen LogP contribution in [0, 0.1) is 0 Å². The van der Waals surface area contributed by atoms with Crippen molar-refractivity contribution in [1.82, 2.24) is 0 Å². The fourth-order valence-corrected chi connectivity index (χ4v) is 3.28. The van der Waals surface area contributed by atoms with Gasteiger partial charge in [0.2, 0.25) is 0 Å². The van der Waals surface area contributed by atoms with Crippen LogP contribution in [0.15, 0.2) is 72.8 Å². The van der Waals surface area contributed by atoms with Gasteiger partial charge in [-0.1, -0.05) is 86.8 Å². The van der Waals surface area contributed by atoms with Crippen LogP contribution in [-0.2, 0) is 6.42 Å². The Morgan fingerprint density at radius 2 is 1.11 bits per heavy atom. The molecule has 3 aromatic carbocycles. The molecule has 0 aliphatic heterocycles. The van der Waals surface area contributed by atoms with Gasteiger partial charge >= 0.3 is 5.97 Å². The Balaban J connectivity index is 1.67. The second-order valence-corrected chi connectivity index (χ2v) is 6.97. The van der Waals surface area contributed by atoms with Crippen molar-refractivity contribution in [1.29, 1.82) is 0 Å². The molecule has 0 aliphatic carbocycles. The van der Waals surface area contributed by atoms with Crippen LogP contribution in [-0.4, -0.2) is 11.1 Å². The molecule has 0 saturated heterocycles. The lowest BCUT2D eigenvalue weighted by molar-refractivity contribution is 0.0697. The summed E-state index contributed by atoms with van der Waals surface area (Å²) in [5, 5.41) is 9.00. The fourth-order valence-electron chi connectivity index (χ4n) is 3.28. The Bertz CT molecular complexity index is 860. The fraction of sp³-hybridized carbons (Fsp3) is 0.240. The van der Waals surface area contributed by atoms with Crippen LogP contribution in [0.1, 0.15) is 48.5 Å². The molecule has 0 radical (unpaired) electrons. The van der Waals surface area contributed by atoms with Crippen molar-refractivity contribution in [3.8, 4) is 22.3 Å². The topological polar surface area (TPSA) is 37.3 Å². The second-order valence-electron chi connectivity index (χ2n) is 6.97. The molecule has 2 nitrogen and oxygen atoms in total. The van der Waals surface area contributed by atoms with E-state index in [4.69, 9.17) is 5.11 Å². The molecule has 0 aliphatic rings. The first-order valence-electron chi connectivity index (χ1n) is 9.70. The number of carboxylic acids is 1. The Labute approximate surface area is 161 Å². The third-order valence-corrected chi connectivity index (χ3v) is 4.96. The lowest BCUT2D eigenvalue weighted by Crippen LogP contribution is -1.94. The van der Waals surface area contributed by atoms with Crippen LogP contribution in [0.5, 0.6) is 0 Å². The van der Waals surface area contributed by atoms with Crippen LogP contribution in [0.25, 0.3) is 22.3 Å². The van der Waals surface area contributed by atoms with Crippen molar-refractivity contribution in [3.05, 3.63) is 83.9 Å². The van der Waals surface area contributed by atoms with Crippen molar-refractivity contribution < 1.29 is 9.90 Å². The van der Waals surface area contributed by atoms with Crippen LogP contribution >= 0.6 is 0 Å². The van der Waals surface area contributed by atoms with Gasteiger partial charge in [-0.3, -0.25) is 0 Å². The molecule has 0 fully saturated rings. The molecule has 27 heavy (non-hydrogen) atoms. The largest absolute Gasteiger partial charge is 0.478 e.